The standard InChI is InChI=1S/C5H11N5/c1-9(2)3-4-10-5-6-7-8-10/h5H,3-4H2,1-2H3. The monoisotopic (exact) mass is 141 g/mol. The Balaban J connectivity index is 2.28. The minimum atomic E-state index is 0.847. The molecule has 10 heavy (non-hydrogen) atoms. The summed E-state index contributed by atoms with van der Waals surface area (Å²) < 4.78 is 1.71. The summed E-state index contributed by atoms with van der Waals surface area (Å²) in [7, 11) is 4.04. The lowest BCUT2D eigenvalue weighted by atomic mass is 10.6. The van der Waals surface area contributed by atoms with Gasteiger partial charge in [0.25, 0.3) is 0 Å². The molecular weight excluding hydrogens is 130 g/mol. The molecule has 1 aromatic heterocycles. The Hall–Kier alpha value is -0.970. The van der Waals surface area contributed by atoms with Crippen molar-refractivity contribution >= 4 is 0 Å². The summed E-state index contributed by atoms with van der Waals surface area (Å²) in [5.74, 6) is 0. The van der Waals surface area contributed by atoms with Crippen LogP contribution in [0.3, 0.4) is 0 Å². The van der Waals surface area contributed by atoms with Crippen molar-refractivity contribution in [1.82, 2.24) is 25.1 Å². The molecule has 0 spiro atoms. The van der Waals surface area contributed by atoms with Crippen molar-refractivity contribution in [1.29, 1.82) is 0 Å². The smallest absolute Gasteiger partial charge is 0.138 e. The van der Waals surface area contributed by atoms with Crippen molar-refractivity contribution in [2.75, 3.05) is 20.6 Å². The fourth-order valence-corrected chi connectivity index (χ4v) is 0.585. The van der Waals surface area contributed by atoms with E-state index in [4.69, 9.17) is 0 Å². The fourth-order valence-electron chi connectivity index (χ4n) is 0.585. The highest BCUT2D eigenvalue weighted by Crippen LogP contribution is 1.79. The zero-order chi connectivity index (χ0) is 7.40. The van der Waals surface area contributed by atoms with Gasteiger partial charge in [0.1, 0.15) is 6.33 Å². The van der Waals surface area contributed by atoms with E-state index in [1.54, 1.807) is 11.0 Å². The number of hydrogen-bond donors (Lipinski definition) is 0. The van der Waals surface area contributed by atoms with Crippen LogP contribution in [-0.4, -0.2) is 45.7 Å². The van der Waals surface area contributed by atoms with Crippen LogP contribution in [0, 0.1) is 0 Å². The first-order chi connectivity index (χ1) is 4.79. The molecule has 1 aromatic rings. The summed E-state index contributed by atoms with van der Waals surface area (Å²) in [6, 6.07) is 0. The van der Waals surface area contributed by atoms with Gasteiger partial charge in [-0.1, -0.05) is 0 Å². The summed E-state index contributed by atoms with van der Waals surface area (Å²) in [4.78, 5) is 2.08. The molecule has 0 bridgehead atoms. The Labute approximate surface area is 59.6 Å². The molecule has 0 unspecified atom stereocenters. The maximum absolute atomic E-state index is 3.72. The molecular formula is C5H11N5. The highest BCUT2D eigenvalue weighted by Gasteiger charge is 1.92. The third-order valence-electron chi connectivity index (χ3n) is 1.17. The first-order valence-corrected chi connectivity index (χ1v) is 3.14. The van der Waals surface area contributed by atoms with E-state index in [9.17, 15) is 0 Å². The lowest BCUT2D eigenvalue weighted by Crippen LogP contribution is -2.18. The van der Waals surface area contributed by atoms with Gasteiger partial charge >= 0.3 is 0 Å². The van der Waals surface area contributed by atoms with Crippen LogP contribution >= 0.6 is 0 Å². The number of likely N-dealkylation sites (N-methyl/N-ethyl adjacent to an activating group) is 1. The molecule has 0 N–H and O–H groups in total. The van der Waals surface area contributed by atoms with E-state index in [-0.39, 0.29) is 0 Å². The summed E-state index contributed by atoms with van der Waals surface area (Å²) in [5.41, 5.74) is 0. The molecule has 0 amide bonds. The summed E-state index contributed by atoms with van der Waals surface area (Å²) in [6.07, 6.45) is 1.61. The second-order valence-electron chi connectivity index (χ2n) is 2.38. The molecule has 0 radical (unpaired) electrons. The highest BCUT2D eigenvalue weighted by atomic mass is 15.5. The highest BCUT2D eigenvalue weighted by molar-refractivity contribution is 4.48. The Morgan fingerprint density at radius 1 is 1.50 bits per heavy atom. The van der Waals surface area contributed by atoms with Crippen LogP contribution < -0.4 is 0 Å². The normalized spacial score (nSPS) is 10.7. The lowest BCUT2D eigenvalue weighted by molar-refractivity contribution is 0.370. The Morgan fingerprint density at radius 3 is 2.80 bits per heavy atom. The molecule has 5 nitrogen and oxygen atoms in total. The Kier molecular flexibility index (Phi) is 2.33. The van der Waals surface area contributed by atoms with Crippen LogP contribution in [0.4, 0.5) is 0 Å². The third kappa shape index (κ3) is 2.10. The van der Waals surface area contributed by atoms with E-state index in [2.05, 4.69) is 20.4 Å². The van der Waals surface area contributed by atoms with Crippen molar-refractivity contribution < 1.29 is 0 Å². The van der Waals surface area contributed by atoms with Crippen molar-refractivity contribution in [2.24, 2.45) is 0 Å². The number of nitrogens with zero attached hydrogens (tertiary/aromatic N) is 5. The largest absolute Gasteiger partial charge is 0.308 e. The van der Waals surface area contributed by atoms with Crippen LogP contribution in [0.25, 0.3) is 0 Å². The second kappa shape index (κ2) is 3.26. The van der Waals surface area contributed by atoms with Crippen molar-refractivity contribution in [2.45, 2.75) is 6.54 Å². The molecule has 0 saturated heterocycles. The van der Waals surface area contributed by atoms with Gasteiger partial charge in [0.2, 0.25) is 0 Å². The van der Waals surface area contributed by atoms with Crippen molar-refractivity contribution in [3.63, 3.8) is 0 Å². The SMILES string of the molecule is CN(C)CCn1cnnn1. The number of rotatable bonds is 3. The molecule has 5 heteroatoms. The van der Waals surface area contributed by atoms with Crippen LogP contribution in [0.15, 0.2) is 6.33 Å². The van der Waals surface area contributed by atoms with Gasteiger partial charge in [0.15, 0.2) is 0 Å². The number of aromatic nitrogens is 4. The molecule has 0 fully saturated rings. The Morgan fingerprint density at radius 2 is 2.30 bits per heavy atom. The van der Waals surface area contributed by atoms with Crippen LogP contribution in [0.1, 0.15) is 0 Å². The molecule has 0 aliphatic heterocycles. The zero-order valence-electron chi connectivity index (χ0n) is 6.23. The Bertz CT molecular complexity index is 168. The minimum Gasteiger partial charge on any atom is -0.308 e. The maximum atomic E-state index is 3.72. The molecule has 0 atom stereocenters. The molecule has 0 aliphatic rings. The van der Waals surface area contributed by atoms with Gasteiger partial charge in [-0.15, -0.1) is 5.10 Å². The van der Waals surface area contributed by atoms with Crippen LogP contribution in [0.2, 0.25) is 0 Å². The molecule has 1 rings (SSSR count). The first-order valence-electron chi connectivity index (χ1n) is 3.14. The third-order valence-corrected chi connectivity index (χ3v) is 1.17. The van der Waals surface area contributed by atoms with Gasteiger partial charge in [0, 0.05) is 6.54 Å². The molecule has 56 valence electrons. The van der Waals surface area contributed by atoms with E-state index in [0.717, 1.165) is 13.1 Å². The first kappa shape index (κ1) is 7.14. The molecule has 0 saturated carbocycles. The minimum absolute atomic E-state index is 0.847. The van der Waals surface area contributed by atoms with Gasteiger partial charge in [-0.25, -0.2) is 4.68 Å². The van der Waals surface area contributed by atoms with Crippen molar-refractivity contribution in [3.05, 3.63) is 6.33 Å². The fraction of sp³-hybridized carbons (Fsp3) is 0.800. The zero-order valence-corrected chi connectivity index (χ0v) is 6.23. The predicted octanol–water partition coefficient (Wildman–Crippen LogP) is -0.765. The van der Waals surface area contributed by atoms with Crippen LogP contribution in [-0.2, 0) is 6.54 Å². The van der Waals surface area contributed by atoms with E-state index >= 15 is 0 Å². The number of tetrazole rings is 1. The van der Waals surface area contributed by atoms with Gasteiger partial charge in [0.05, 0.1) is 6.54 Å². The van der Waals surface area contributed by atoms with E-state index in [1.807, 2.05) is 14.1 Å². The average Bonchev–Trinajstić information content (AvgIpc) is 2.34. The quantitative estimate of drug-likeness (QED) is 0.555. The van der Waals surface area contributed by atoms with Crippen molar-refractivity contribution in [3.8, 4) is 0 Å². The molecule has 0 aliphatic carbocycles. The van der Waals surface area contributed by atoms with Gasteiger partial charge in [-0.2, -0.15) is 0 Å². The van der Waals surface area contributed by atoms with Gasteiger partial charge in [-0.05, 0) is 24.5 Å². The predicted molar refractivity (Wildman–Crippen MR) is 36.4 cm³/mol. The van der Waals surface area contributed by atoms with E-state index in [0.29, 0.717) is 0 Å². The summed E-state index contributed by atoms with van der Waals surface area (Å²) in [5, 5.41) is 10.7. The molecule has 1 heterocycles. The van der Waals surface area contributed by atoms with Crippen LogP contribution in [0.5, 0.6) is 0 Å². The summed E-state index contributed by atoms with van der Waals surface area (Å²) in [6.45, 7) is 1.81. The lowest BCUT2D eigenvalue weighted by Gasteiger charge is -2.07. The number of hydrogen-bond acceptors (Lipinski definition) is 4. The average molecular weight is 141 g/mol. The van der Waals surface area contributed by atoms with E-state index in [1.165, 1.54) is 0 Å². The van der Waals surface area contributed by atoms with Gasteiger partial charge in [-0.3, -0.25) is 0 Å². The summed E-state index contributed by atoms with van der Waals surface area (Å²) >= 11 is 0. The topological polar surface area (TPSA) is 46.8 Å². The second-order valence-corrected chi connectivity index (χ2v) is 2.38. The maximum Gasteiger partial charge on any atom is 0.138 e. The van der Waals surface area contributed by atoms with E-state index < -0.39 is 0 Å². The molecule has 0 aromatic carbocycles. The van der Waals surface area contributed by atoms with Gasteiger partial charge < -0.3 is 4.90 Å².